The molecule has 1 aliphatic heterocycles. The van der Waals surface area contributed by atoms with Crippen molar-refractivity contribution in [1.82, 2.24) is 10.6 Å². The molecule has 3 rings (SSSR count). The summed E-state index contributed by atoms with van der Waals surface area (Å²) >= 11 is 0. The summed E-state index contributed by atoms with van der Waals surface area (Å²) in [6, 6.07) is 7.61. The Morgan fingerprint density at radius 2 is 1.47 bits per heavy atom. The van der Waals surface area contributed by atoms with Gasteiger partial charge in [-0.05, 0) is 59.2 Å². The Bertz CT molecular complexity index is 1340. The van der Waals surface area contributed by atoms with E-state index in [0.29, 0.717) is 39.7 Å². The Balaban J connectivity index is 2.08. The Labute approximate surface area is 253 Å². The molecule has 0 spiro atoms. The number of aliphatic carboxylic acids is 1. The minimum absolute atomic E-state index is 0.0126. The Kier molecular flexibility index (Phi) is 11.1. The number of fused-ring (bicyclic) bond motifs is 1. The SMILES string of the molecule is COc1ccc(C2Oc3c(OC)cc(/C=C/C(=O)NC(C(C)C)C(C)C)cc3C2C(=O)NC(C(=O)O)C(C)C)cc1OC. The molecule has 2 aromatic rings. The van der Waals surface area contributed by atoms with Crippen LogP contribution in [0.15, 0.2) is 36.4 Å². The number of hydrogen-bond donors (Lipinski definition) is 3. The zero-order valence-electron chi connectivity index (χ0n) is 26.4. The second kappa shape index (κ2) is 14.3. The van der Waals surface area contributed by atoms with Gasteiger partial charge in [-0.2, -0.15) is 0 Å². The lowest BCUT2D eigenvalue weighted by atomic mass is 9.88. The van der Waals surface area contributed by atoms with Gasteiger partial charge in [-0.15, -0.1) is 0 Å². The fraction of sp³-hybridized carbons (Fsp3) is 0.485. The lowest BCUT2D eigenvalue weighted by Gasteiger charge is -2.25. The number of carbonyl (C=O) groups excluding carboxylic acids is 2. The largest absolute Gasteiger partial charge is 0.493 e. The second-order valence-corrected chi connectivity index (χ2v) is 11.7. The van der Waals surface area contributed by atoms with Gasteiger partial charge in [-0.25, -0.2) is 4.79 Å². The second-order valence-electron chi connectivity index (χ2n) is 11.7. The van der Waals surface area contributed by atoms with Crippen LogP contribution in [0.3, 0.4) is 0 Å². The quantitative estimate of drug-likeness (QED) is 0.276. The fourth-order valence-corrected chi connectivity index (χ4v) is 5.42. The third-order valence-electron chi connectivity index (χ3n) is 7.63. The van der Waals surface area contributed by atoms with Crippen LogP contribution in [0.5, 0.6) is 23.0 Å². The number of rotatable bonds is 13. The molecule has 0 aliphatic carbocycles. The predicted octanol–water partition coefficient (Wildman–Crippen LogP) is 4.97. The summed E-state index contributed by atoms with van der Waals surface area (Å²) in [5, 5.41) is 15.5. The van der Waals surface area contributed by atoms with Gasteiger partial charge in [-0.3, -0.25) is 9.59 Å². The van der Waals surface area contributed by atoms with Gasteiger partial charge in [0.1, 0.15) is 18.1 Å². The van der Waals surface area contributed by atoms with Crippen molar-refractivity contribution in [2.75, 3.05) is 21.3 Å². The van der Waals surface area contributed by atoms with E-state index in [2.05, 4.69) is 38.3 Å². The number of ether oxygens (including phenoxy) is 4. The van der Waals surface area contributed by atoms with Crippen LogP contribution in [0.2, 0.25) is 0 Å². The molecule has 3 atom stereocenters. The topological polar surface area (TPSA) is 132 Å². The van der Waals surface area contributed by atoms with E-state index in [1.54, 1.807) is 50.3 Å². The van der Waals surface area contributed by atoms with E-state index in [0.717, 1.165) is 0 Å². The van der Waals surface area contributed by atoms with Crippen LogP contribution in [0.1, 0.15) is 70.3 Å². The Morgan fingerprint density at radius 3 is 2.00 bits per heavy atom. The molecule has 10 heteroatoms. The predicted molar refractivity (Wildman–Crippen MR) is 164 cm³/mol. The van der Waals surface area contributed by atoms with Crippen LogP contribution < -0.4 is 29.6 Å². The number of nitrogens with one attached hydrogen (secondary N) is 2. The minimum Gasteiger partial charge on any atom is -0.493 e. The minimum atomic E-state index is -1.13. The molecular formula is C33H44N2O8. The third kappa shape index (κ3) is 7.60. The summed E-state index contributed by atoms with van der Waals surface area (Å²) < 4.78 is 22.9. The molecule has 1 heterocycles. The van der Waals surface area contributed by atoms with Crippen molar-refractivity contribution in [3.63, 3.8) is 0 Å². The molecule has 2 amide bonds. The standard InChI is InChI=1S/C33H44N2O8/c1-17(2)28(18(3)4)34-26(36)13-10-20-14-22-27(32(37)35-29(19(5)6)33(38)39)30(43-31(22)25(15-20)42-9)21-11-12-23(40-7)24(16-21)41-8/h10-19,27-30H,1-9H3,(H,34,36)(H,35,37)(H,38,39)/b13-10+. The van der Waals surface area contributed by atoms with E-state index in [9.17, 15) is 19.5 Å². The van der Waals surface area contributed by atoms with Crippen molar-refractivity contribution in [3.8, 4) is 23.0 Å². The van der Waals surface area contributed by atoms with Crippen LogP contribution >= 0.6 is 0 Å². The fourth-order valence-electron chi connectivity index (χ4n) is 5.42. The molecule has 3 N–H and O–H groups in total. The summed E-state index contributed by atoms with van der Waals surface area (Å²) in [7, 11) is 4.53. The highest BCUT2D eigenvalue weighted by Crippen LogP contribution is 2.52. The van der Waals surface area contributed by atoms with Gasteiger partial charge in [0.25, 0.3) is 0 Å². The number of benzene rings is 2. The normalized spacial score (nSPS) is 16.8. The number of carboxylic acids is 1. The number of carboxylic acid groups (broad SMARTS) is 1. The van der Waals surface area contributed by atoms with Crippen LogP contribution in [-0.4, -0.2) is 56.3 Å². The first-order chi connectivity index (χ1) is 20.3. The van der Waals surface area contributed by atoms with Crippen molar-refractivity contribution in [3.05, 3.63) is 53.1 Å². The summed E-state index contributed by atoms with van der Waals surface area (Å²) in [5.41, 5.74) is 1.74. The highest BCUT2D eigenvalue weighted by molar-refractivity contribution is 5.93. The highest BCUT2D eigenvalue weighted by atomic mass is 16.5. The molecule has 0 fully saturated rings. The number of methoxy groups -OCH3 is 3. The molecule has 0 bridgehead atoms. The van der Waals surface area contributed by atoms with Gasteiger partial charge >= 0.3 is 5.97 Å². The Hall–Kier alpha value is -4.21. The van der Waals surface area contributed by atoms with Crippen molar-refractivity contribution in [2.45, 2.75) is 65.6 Å². The summed E-state index contributed by atoms with van der Waals surface area (Å²) in [6.45, 7) is 11.7. The molecule has 234 valence electrons. The number of amides is 2. The number of hydrogen-bond acceptors (Lipinski definition) is 7. The van der Waals surface area contributed by atoms with Crippen LogP contribution in [0.25, 0.3) is 6.08 Å². The zero-order valence-corrected chi connectivity index (χ0v) is 26.4. The first-order valence-electron chi connectivity index (χ1n) is 14.4. The molecule has 10 nitrogen and oxygen atoms in total. The van der Waals surface area contributed by atoms with Crippen LogP contribution in [0.4, 0.5) is 0 Å². The van der Waals surface area contributed by atoms with Gasteiger partial charge in [-0.1, -0.05) is 47.6 Å². The summed E-state index contributed by atoms with van der Waals surface area (Å²) in [6.07, 6.45) is 2.28. The van der Waals surface area contributed by atoms with E-state index < -0.39 is 29.9 Å². The molecule has 0 radical (unpaired) electrons. The van der Waals surface area contributed by atoms with Crippen molar-refractivity contribution < 1.29 is 38.4 Å². The summed E-state index contributed by atoms with van der Waals surface area (Å²) in [4.78, 5) is 38.6. The van der Waals surface area contributed by atoms with Crippen molar-refractivity contribution >= 4 is 23.9 Å². The molecule has 2 aromatic carbocycles. The molecule has 1 aliphatic rings. The van der Waals surface area contributed by atoms with Crippen LogP contribution in [0, 0.1) is 17.8 Å². The average molecular weight is 597 g/mol. The molecular weight excluding hydrogens is 552 g/mol. The van der Waals surface area contributed by atoms with Crippen LogP contribution in [-0.2, 0) is 14.4 Å². The van der Waals surface area contributed by atoms with Crippen molar-refractivity contribution in [2.24, 2.45) is 17.8 Å². The lowest BCUT2D eigenvalue weighted by molar-refractivity contribution is -0.143. The number of carbonyl (C=O) groups is 3. The van der Waals surface area contributed by atoms with Gasteiger partial charge in [0.2, 0.25) is 11.8 Å². The van der Waals surface area contributed by atoms with E-state index >= 15 is 0 Å². The van der Waals surface area contributed by atoms with E-state index in [1.807, 2.05) is 0 Å². The van der Waals surface area contributed by atoms with E-state index in [-0.39, 0.29) is 29.7 Å². The molecule has 0 saturated heterocycles. The van der Waals surface area contributed by atoms with Crippen molar-refractivity contribution in [1.29, 1.82) is 0 Å². The lowest BCUT2D eigenvalue weighted by Crippen LogP contribution is -2.46. The summed E-state index contributed by atoms with van der Waals surface area (Å²) in [5.74, 6) is -0.946. The van der Waals surface area contributed by atoms with Gasteiger partial charge in [0, 0.05) is 17.7 Å². The molecule has 0 saturated carbocycles. The first kappa shape index (κ1) is 33.3. The maximum absolute atomic E-state index is 13.9. The Morgan fingerprint density at radius 1 is 0.837 bits per heavy atom. The third-order valence-corrected chi connectivity index (χ3v) is 7.63. The zero-order chi connectivity index (χ0) is 32.0. The smallest absolute Gasteiger partial charge is 0.326 e. The maximum atomic E-state index is 13.9. The average Bonchev–Trinajstić information content (AvgIpc) is 3.35. The van der Waals surface area contributed by atoms with E-state index in [4.69, 9.17) is 18.9 Å². The van der Waals surface area contributed by atoms with Gasteiger partial charge in [0.15, 0.2) is 23.0 Å². The van der Waals surface area contributed by atoms with Gasteiger partial charge < -0.3 is 34.7 Å². The molecule has 43 heavy (non-hydrogen) atoms. The van der Waals surface area contributed by atoms with Gasteiger partial charge in [0.05, 0.1) is 21.3 Å². The monoisotopic (exact) mass is 596 g/mol. The first-order valence-corrected chi connectivity index (χ1v) is 14.4. The molecule has 0 aromatic heterocycles. The highest BCUT2D eigenvalue weighted by Gasteiger charge is 2.44. The van der Waals surface area contributed by atoms with E-state index in [1.165, 1.54) is 27.4 Å². The molecule has 3 unspecified atom stereocenters. The maximum Gasteiger partial charge on any atom is 0.326 e.